The van der Waals surface area contributed by atoms with Gasteiger partial charge in [-0.15, -0.1) is 6.58 Å². The van der Waals surface area contributed by atoms with Gasteiger partial charge in [-0.25, -0.2) is 4.79 Å². The lowest BCUT2D eigenvalue weighted by Crippen LogP contribution is -2.27. The number of alkyl halides is 3. The van der Waals surface area contributed by atoms with Crippen LogP contribution in [0.3, 0.4) is 0 Å². The van der Waals surface area contributed by atoms with E-state index in [-0.39, 0.29) is 23.7 Å². The minimum Gasteiger partial charge on any atom is -0.423 e. The number of Topliss-reactive ketones (excluding diaryl/α,β-unsaturated/α-hetero) is 1. The Labute approximate surface area is 272 Å². The second kappa shape index (κ2) is 20.6. The second-order valence-electron chi connectivity index (χ2n) is 12.0. The number of benzene rings is 2. The van der Waals surface area contributed by atoms with Gasteiger partial charge in [-0.3, -0.25) is 4.79 Å². The minimum atomic E-state index is -4.07. The van der Waals surface area contributed by atoms with E-state index in [1.165, 1.54) is 25.7 Å². The van der Waals surface area contributed by atoms with E-state index < -0.39 is 18.6 Å². The van der Waals surface area contributed by atoms with Crippen LogP contribution < -0.4 is 4.74 Å². The Bertz CT molecular complexity index is 1260. The largest absolute Gasteiger partial charge is 0.423 e. The third-order valence-corrected chi connectivity index (χ3v) is 8.21. The van der Waals surface area contributed by atoms with Crippen molar-refractivity contribution in [1.29, 1.82) is 0 Å². The third-order valence-electron chi connectivity index (χ3n) is 8.21. The van der Waals surface area contributed by atoms with Crippen LogP contribution in [0.25, 0.3) is 5.57 Å². The highest BCUT2D eigenvalue weighted by Crippen LogP contribution is 2.32. The summed E-state index contributed by atoms with van der Waals surface area (Å²) in [6, 6.07) is 16.5. The van der Waals surface area contributed by atoms with Crippen LogP contribution in [0.15, 0.2) is 85.0 Å². The van der Waals surface area contributed by atoms with Crippen LogP contribution in [0.1, 0.15) is 107 Å². The molecular weight excluding hydrogens is 589 g/mol. The number of carbonyl (C=O) groups excluding carboxylic acids is 2. The maximum atomic E-state index is 13.7. The summed E-state index contributed by atoms with van der Waals surface area (Å²) in [5.74, 6) is -0.848. The van der Waals surface area contributed by atoms with Gasteiger partial charge in [0.15, 0.2) is 5.78 Å². The molecular formula is C39H49F3O4. The van der Waals surface area contributed by atoms with E-state index in [1.807, 2.05) is 60.7 Å². The second-order valence-corrected chi connectivity index (χ2v) is 12.0. The lowest BCUT2D eigenvalue weighted by Gasteiger charge is -2.21. The molecule has 1 aliphatic rings. The van der Waals surface area contributed by atoms with Gasteiger partial charge in [0.1, 0.15) is 11.3 Å². The van der Waals surface area contributed by atoms with Crippen molar-refractivity contribution in [2.75, 3.05) is 6.61 Å². The monoisotopic (exact) mass is 638 g/mol. The molecule has 7 heteroatoms. The van der Waals surface area contributed by atoms with Crippen LogP contribution in [0.2, 0.25) is 0 Å². The van der Waals surface area contributed by atoms with Crippen molar-refractivity contribution < 1.29 is 32.2 Å². The smallest absolute Gasteiger partial charge is 0.389 e. The highest BCUT2D eigenvalue weighted by atomic mass is 19.4. The standard InChI is InChI=1S/C39H49F3O4/c1-2-3-4-5-6-7-8-10-14-21-33-24-27-35(32-19-15-13-16-20-32)36(37(33)43)38(44)46-34-25-22-31(23-26-34)30-45-29-18-12-9-11-17-28-39(40,41)42/h2,13,15-16,19-20,22-27,33H,1,3-12,14,17-18,21,28-30H2. The summed E-state index contributed by atoms with van der Waals surface area (Å²) in [5, 5.41) is 0. The maximum Gasteiger partial charge on any atom is 0.389 e. The normalized spacial score (nSPS) is 14.9. The minimum absolute atomic E-state index is 0.0896. The summed E-state index contributed by atoms with van der Waals surface area (Å²) >= 11 is 0. The van der Waals surface area contributed by atoms with Crippen molar-refractivity contribution >= 4 is 17.3 Å². The van der Waals surface area contributed by atoms with Crippen molar-refractivity contribution in [1.82, 2.24) is 0 Å². The summed E-state index contributed by atoms with van der Waals surface area (Å²) in [6.45, 7) is 4.68. The van der Waals surface area contributed by atoms with Gasteiger partial charge in [-0.05, 0) is 60.9 Å². The topological polar surface area (TPSA) is 52.6 Å². The molecule has 4 nitrogen and oxygen atoms in total. The van der Waals surface area contributed by atoms with Gasteiger partial charge >= 0.3 is 12.1 Å². The number of hydrogen-bond donors (Lipinski definition) is 0. The van der Waals surface area contributed by atoms with Crippen LogP contribution in [-0.2, 0) is 20.9 Å². The predicted octanol–water partition coefficient (Wildman–Crippen LogP) is 10.9. The molecule has 2 aromatic rings. The lowest BCUT2D eigenvalue weighted by atomic mass is 9.83. The zero-order valence-corrected chi connectivity index (χ0v) is 27.0. The number of esters is 1. The van der Waals surface area contributed by atoms with E-state index >= 15 is 0 Å². The van der Waals surface area contributed by atoms with E-state index in [0.29, 0.717) is 37.4 Å². The average molecular weight is 639 g/mol. The Hall–Kier alpha value is -3.45. The summed E-state index contributed by atoms with van der Waals surface area (Å²) in [4.78, 5) is 27.1. The molecule has 1 unspecified atom stereocenters. The van der Waals surface area contributed by atoms with Crippen LogP contribution in [0.5, 0.6) is 5.75 Å². The fourth-order valence-corrected chi connectivity index (χ4v) is 5.60. The highest BCUT2D eigenvalue weighted by Gasteiger charge is 2.32. The van der Waals surface area contributed by atoms with E-state index in [4.69, 9.17) is 9.47 Å². The first-order valence-electron chi connectivity index (χ1n) is 16.9. The fraction of sp³-hybridized carbons (Fsp3) is 0.487. The van der Waals surface area contributed by atoms with Crippen molar-refractivity contribution in [3.63, 3.8) is 0 Å². The molecule has 1 aliphatic carbocycles. The summed E-state index contributed by atoms with van der Waals surface area (Å²) < 4.78 is 48.0. The Balaban J connectivity index is 1.48. The van der Waals surface area contributed by atoms with Crippen molar-refractivity contribution in [2.45, 2.75) is 109 Å². The molecule has 0 aromatic heterocycles. The van der Waals surface area contributed by atoms with E-state index in [2.05, 4.69) is 6.58 Å². The molecule has 0 fully saturated rings. The van der Waals surface area contributed by atoms with E-state index in [0.717, 1.165) is 56.1 Å². The number of halogens is 3. The molecule has 0 spiro atoms. The van der Waals surface area contributed by atoms with Crippen molar-refractivity contribution in [3.05, 3.63) is 96.1 Å². The van der Waals surface area contributed by atoms with Gasteiger partial charge in [0.05, 0.1) is 6.61 Å². The van der Waals surface area contributed by atoms with Crippen LogP contribution in [0.4, 0.5) is 13.2 Å². The van der Waals surface area contributed by atoms with Crippen LogP contribution >= 0.6 is 0 Å². The first kappa shape index (κ1) is 37.0. The quantitative estimate of drug-likeness (QED) is 0.0423. The number of rotatable bonds is 22. The summed E-state index contributed by atoms with van der Waals surface area (Å²) in [5.41, 5.74) is 2.37. The molecule has 0 saturated carbocycles. The molecule has 3 rings (SSSR count). The molecule has 2 aromatic carbocycles. The van der Waals surface area contributed by atoms with Gasteiger partial charge in [0.25, 0.3) is 0 Å². The molecule has 1 atom stereocenters. The number of carbonyl (C=O) groups is 2. The Kier molecular flexibility index (Phi) is 16.6. The highest BCUT2D eigenvalue weighted by molar-refractivity contribution is 6.26. The maximum absolute atomic E-state index is 13.7. The summed E-state index contributed by atoms with van der Waals surface area (Å²) in [7, 11) is 0. The molecule has 0 N–H and O–H groups in total. The van der Waals surface area contributed by atoms with Gasteiger partial charge in [-0.2, -0.15) is 13.2 Å². The number of allylic oxidation sites excluding steroid dienone is 4. The molecule has 250 valence electrons. The zero-order chi connectivity index (χ0) is 33.0. The summed E-state index contributed by atoms with van der Waals surface area (Å²) in [6.07, 6.45) is 13.9. The molecule has 0 heterocycles. The van der Waals surface area contributed by atoms with Crippen LogP contribution in [0, 0.1) is 5.92 Å². The number of ketones is 1. The SMILES string of the molecule is C=CCCCCCCCCCC1C=CC(c2ccccc2)=C(C(=O)Oc2ccc(COCCCCCCCC(F)(F)F)cc2)C1=O. The van der Waals surface area contributed by atoms with Gasteiger partial charge in [0, 0.05) is 18.9 Å². The average Bonchev–Trinajstić information content (AvgIpc) is 3.04. The number of unbranched alkanes of at least 4 members (excludes halogenated alkanes) is 11. The number of hydrogen-bond acceptors (Lipinski definition) is 4. The molecule has 46 heavy (non-hydrogen) atoms. The van der Waals surface area contributed by atoms with Gasteiger partial charge in [0.2, 0.25) is 0 Å². The van der Waals surface area contributed by atoms with Crippen LogP contribution in [-0.4, -0.2) is 24.5 Å². The third kappa shape index (κ3) is 13.9. The Morgan fingerprint density at radius 3 is 2.11 bits per heavy atom. The van der Waals surface area contributed by atoms with Crippen molar-refractivity contribution in [3.8, 4) is 5.75 Å². The first-order chi connectivity index (χ1) is 22.3. The Morgan fingerprint density at radius 1 is 0.804 bits per heavy atom. The molecule has 0 radical (unpaired) electrons. The zero-order valence-electron chi connectivity index (χ0n) is 27.0. The predicted molar refractivity (Wildman–Crippen MR) is 178 cm³/mol. The number of ether oxygens (including phenoxy) is 2. The molecule has 0 aliphatic heterocycles. The molecule has 0 bridgehead atoms. The van der Waals surface area contributed by atoms with Crippen molar-refractivity contribution in [2.24, 2.45) is 5.92 Å². The fourth-order valence-electron chi connectivity index (χ4n) is 5.60. The van der Waals surface area contributed by atoms with Gasteiger partial charge < -0.3 is 9.47 Å². The van der Waals surface area contributed by atoms with Gasteiger partial charge in [-0.1, -0.05) is 118 Å². The van der Waals surface area contributed by atoms with E-state index in [1.54, 1.807) is 12.1 Å². The molecule has 0 amide bonds. The Morgan fingerprint density at radius 2 is 1.43 bits per heavy atom. The first-order valence-corrected chi connectivity index (χ1v) is 16.9. The van der Waals surface area contributed by atoms with E-state index in [9.17, 15) is 22.8 Å². The lowest BCUT2D eigenvalue weighted by molar-refractivity contribution is -0.136. The molecule has 0 saturated heterocycles.